The zero-order chi connectivity index (χ0) is 17.2. The molecule has 0 aliphatic heterocycles. The van der Waals surface area contributed by atoms with Gasteiger partial charge in [0, 0.05) is 29.9 Å². The second-order valence-electron chi connectivity index (χ2n) is 5.83. The SMILES string of the molecule is CCNCc1cncc(-c2ccc3[nH]nc(-c4nnn[nH]4)c3c2)c1C. The Balaban J connectivity index is 1.81. The quantitative estimate of drug-likeness (QED) is 0.516. The summed E-state index contributed by atoms with van der Waals surface area (Å²) in [6.45, 7) is 5.97. The van der Waals surface area contributed by atoms with Crippen LogP contribution in [0, 0.1) is 6.92 Å². The highest BCUT2D eigenvalue weighted by molar-refractivity contribution is 5.94. The summed E-state index contributed by atoms with van der Waals surface area (Å²) in [5, 5.41) is 25.6. The lowest BCUT2D eigenvalue weighted by molar-refractivity contribution is 0.721. The van der Waals surface area contributed by atoms with Crippen molar-refractivity contribution < 1.29 is 0 Å². The van der Waals surface area contributed by atoms with Crippen LogP contribution in [0.25, 0.3) is 33.5 Å². The number of nitrogens with one attached hydrogen (secondary N) is 3. The first kappa shape index (κ1) is 15.4. The number of aromatic amines is 2. The first-order valence-corrected chi connectivity index (χ1v) is 8.14. The molecule has 0 spiro atoms. The van der Waals surface area contributed by atoms with Gasteiger partial charge >= 0.3 is 0 Å². The molecule has 3 heterocycles. The van der Waals surface area contributed by atoms with Crippen LogP contribution in [0.3, 0.4) is 0 Å². The molecule has 4 aromatic rings. The monoisotopic (exact) mass is 334 g/mol. The highest BCUT2D eigenvalue weighted by Gasteiger charge is 2.14. The smallest absolute Gasteiger partial charge is 0.200 e. The van der Waals surface area contributed by atoms with Crippen LogP contribution in [0.15, 0.2) is 30.6 Å². The molecule has 0 aliphatic carbocycles. The Morgan fingerprint density at radius 3 is 2.88 bits per heavy atom. The van der Waals surface area contributed by atoms with E-state index in [2.05, 4.69) is 67.1 Å². The van der Waals surface area contributed by atoms with E-state index in [1.54, 1.807) is 0 Å². The third-order valence-corrected chi connectivity index (χ3v) is 4.33. The van der Waals surface area contributed by atoms with E-state index in [4.69, 9.17) is 0 Å². The summed E-state index contributed by atoms with van der Waals surface area (Å²) in [6.07, 6.45) is 3.82. The molecule has 3 N–H and O–H groups in total. The summed E-state index contributed by atoms with van der Waals surface area (Å²) >= 11 is 0. The van der Waals surface area contributed by atoms with Crippen LogP contribution >= 0.6 is 0 Å². The molecular weight excluding hydrogens is 316 g/mol. The van der Waals surface area contributed by atoms with Crippen molar-refractivity contribution in [3.63, 3.8) is 0 Å². The predicted octanol–water partition coefficient (Wildman–Crippen LogP) is 2.22. The van der Waals surface area contributed by atoms with Gasteiger partial charge in [0.1, 0.15) is 5.69 Å². The first-order valence-electron chi connectivity index (χ1n) is 8.14. The Labute approximate surface area is 144 Å². The molecule has 0 saturated carbocycles. The summed E-state index contributed by atoms with van der Waals surface area (Å²) in [7, 11) is 0. The van der Waals surface area contributed by atoms with Gasteiger partial charge in [-0.2, -0.15) is 5.10 Å². The molecule has 0 fully saturated rings. The minimum atomic E-state index is 0.541. The number of nitrogens with zero attached hydrogens (tertiary/aromatic N) is 5. The van der Waals surface area contributed by atoms with Crippen molar-refractivity contribution in [3.05, 3.63) is 41.7 Å². The summed E-state index contributed by atoms with van der Waals surface area (Å²) in [4.78, 5) is 4.41. The fourth-order valence-electron chi connectivity index (χ4n) is 2.92. The van der Waals surface area contributed by atoms with Crippen LogP contribution in [0.5, 0.6) is 0 Å². The van der Waals surface area contributed by atoms with Crippen molar-refractivity contribution in [2.75, 3.05) is 6.54 Å². The van der Waals surface area contributed by atoms with Crippen molar-refractivity contribution >= 4 is 10.9 Å². The predicted molar refractivity (Wildman–Crippen MR) is 94.6 cm³/mol. The number of hydrogen-bond acceptors (Lipinski definition) is 6. The first-order chi connectivity index (χ1) is 12.3. The Bertz CT molecular complexity index is 1000. The summed E-state index contributed by atoms with van der Waals surface area (Å²) in [5.41, 5.74) is 6.26. The van der Waals surface area contributed by atoms with Gasteiger partial charge in [-0.15, -0.1) is 5.10 Å². The van der Waals surface area contributed by atoms with Gasteiger partial charge in [-0.05, 0) is 52.7 Å². The van der Waals surface area contributed by atoms with E-state index in [1.165, 1.54) is 11.1 Å². The third-order valence-electron chi connectivity index (χ3n) is 4.33. The standard InChI is InChI=1S/C17H18N8/c1-3-18-7-12-8-19-9-14(10(12)2)11-4-5-15-13(6-11)16(21-20-15)17-22-24-25-23-17/h4-6,8-9,18H,3,7H2,1-2H3,(H,20,21)(H,22,23,24,25). The molecule has 126 valence electrons. The van der Waals surface area contributed by atoms with Crippen molar-refractivity contribution in [2.24, 2.45) is 0 Å². The maximum absolute atomic E-state index is 4.41. The summed E-state index contributed by atoms with van der Waals surface area (Å²) < 4.78 is 0. The number of benzene rings is 1. The maximum Gasteiger partial charge on any atom is 0.200 e. The minimum absolute atomic E-state index is 0.541. The van der Waals surface area contributed by atoms with E-state index in [1.807, 2.05) is 18.5 Å². The highest BCUT2D eigenvalue weighted by atomic mass is 15.5. The molecule has 0 radical (unpaired) electrons. The molecule has 0 bridgehead atoms. The van der Waals surface area contributed by atoms with Gasteiger partial charge in [0.2, 0.25) is 5.82 Å². The van der Waals surface area contributed by atoms with Crippen LogP contribution in [-0.4, -0.2) is 42.4 Å². The largest absolute Gasteiger partial charge is 0.313 e. The third kappa shape index (κ3) is 2.76. The van der Waals surface area contributed by atoms with Crippen LogP contribution in [0.2, 0.25) is 0 Å². The van der Waals surface area contributed by atoms with Crippen molar-refractivity contribution in [3.8, 4) is 22.6 Å². The molecule has 4 rings (SSSR count). The van der Waals surface area contributed by atoms with Gasteiger partial charge in [0.05, 0.1) is 5.52 Å². The van der Waals surface area contributed by atoms with Crippen LogP contribution in [-0.2, 0) is 6.54 Å². The van der Waals surface area contributed by atoms with Crippen molar-refractivity contribution in [1.29, 1.82) is 0 Å². The second kappa shape index (κ2) is 6.40. The molecule has 0 aliphatic rings. The van der Waals surface area contributed by atoms with Gasteiger partial charge in [-0.3, -0.25) is 10.1 Å². The summed E-state index contributed by atoms with van der Waals surface area (Å²) in [5.74, 6) is 0.541. The molecular formula is C17H18N8. The van der Waals surface area contributed by atoms with Crippen molar-refractivity contribution in [2.45, 2.75) is 20.4 Å². The average Bonchev–Trinajstić information content (AvgIpc) is 3.29. The number of rotatable bonds is 5. The van der Waals surface area contributed by atoms with Gasteiger partial charge in [-0.1, -0.05) is 13.0 Å². The van der Waals surface area contributed by atoms with Crippen LogP contribution < -0.4 is 5.32 Å². The number of aromatic nitrogens is 7. The lowest BCUT2D eigenvalue weighted by atomic mass is 9.98. The number of H-pyrrole nitrogens is 2. The summed E-state index contributed by atoms with van der Waals surface area (Å²) in [6, 6.07) is 6.18. The molecule has 3 aromatic heterocycles. The lowest BCUT2D eigenvalue weighted by Gasteiger charge is -2.11. The molecule has 0 saturated heterocycles. The Hall–Kier alpha value is -3.13. The Kier molecular flexibility index (Phi) is 3.95. The van der Waals surface area contributed by atoms with Gasteiger partial charge in [0.15, 0.2) is 0 Å². The maximum atomic E-state index is 4.41. The normalized spacial score (nSPS) is 11.3. The van der Waals surface area contributed by atoms with Gasteiger partial charge in [-0.25, -0.2) is 5.10 Å². The molecule has 0 unspecified atom stereocenters. The van der Waals surface area contributed by atoms with Gasteiger partial charge < -0.3 is 5.32 Å². The molecule has 25 heavy (non-hydrogen) atoms. The van der Waals surface area contributed by atoms with E-state index < -0.39 is 0 Å². The highest BCUT2D eigenvalue weighted by Crippen LogP contribution is 2.30. The number of fused-ring (bicyclic) bond motifs is 1. The molecule has 8 nitrogen and oxygen atoms in total. The lowest BCUT2D eigenvalue weighted by Crippen LogP contribution is -2.13. The van der Waals surface area contributed by atoms with Gasteiger partial charge in [0.25, 0.3) is 0 Å². The fraction of sp³-hybridized carbons (Fsp3) is 0.235. The van der Waals surface area contributed by atoms with E-state index >= 15 is 0 Å². The second-order valence-corrected chi connectivity index (χ2v) is 5.83. The molecule has 1 aromatic carbocycles. The van der Waals surface area contributed by atoms with E-state index in [0.717, 1.165) is 35.1 Å². The Morgan fingerprint density at radius 2 is 2.08 bits per heavy atom. The van der Waals surface area contributed by atoms with E-state index in [0.29, 0.717) is 11.5 Å². The van der Waals surface area contributed by atoms with E-state index in [-0.39, 0.29) is 0 Å². The zero-order valence-electron chi connectivity index (χ0n) is 14.0. The average molecular weight is 334 g/mol. The molecule has 0 atom stereocenters. The molecule has 0 amide bonds. The van der Waals surface area contributed by atoms with Crippen LogP contribution in [0.4, 0.5) is 0 Å². The fourth-order valence-corrected chi connectivity index (χ4v) is 2.92. The van der Waals surface area contributed by atoms with E-state index in [9.17, 15) is 0 Å². The Morgan fingerprint density at radius 1 is 1.16 bits per heavy atom. The molecule has 8 heteroatoms. The minimum Gasteiger partial charge on any atom is -0.313 e. The van der Waals surface area contributed by atoms with Crippen molar-refractivity contribution in [1.82, 2.24) is 41.1 Å². The number of tetrazole rings is 1. The van der Waals surface area contributed by atoms with Crippen LogP contribution in [0.1, 0.15) is 18.1 Å². The topological polar surface area (TPSA) is 108 Å². The number of hydrogen-bond donors (Lipinski definition) is 3. The number of pyridine rings is 1. The zero-order valence-corrected chi connectivity index (χ0v) is 14.0.